The van der Waals surface area contributed by atoms with Crippen molar-refractivity contribution in [1.29, 1.82) is 0 Å². The third kappa shape index (κ3) is 2.15. The van der Waals surface area contributed by atoms with Gasteiger partial charge in [-0.1, -0.05) is 0 Å². The molecular weight excluding hydrogens is 171 g/mol. The average molecular weight is 182 g/mol. The maximum Gasteiger partial charge on any atom is 0.145 e. The standard InChI is InChI=1S/C9H11FN2O/c10-7-3-9(6-12-4-7)13-8-1-2-11-5-8/h3-4,6,8,11H,1-2,5H2/t8-/m0/s1. The van der Waals surface area contributed by atoms with E-state index in [2.05, 4.69) is 10.3 Å². The molecule has 0 aliphatic carbocycles. The molecule has 1 fully saturated rings. The Balaban J connectivity index is 2.00. The molecule has 0 aromatic carbocycles. The predicted octanol–water partition coefficient (Wildman–Crippen LogP) is 0.961. The molecule has 4 heteroatoms. The molecule has 2 rings (SSSR count). The van der Waals surface area contributed by atoms with Crippen LogP contribution >= 0.6 is 0 Å². The van der Waals surface area contributed by atoms with Crippen LogP contribution in [0.15, 0.2) is 18.5 Å². The lowest BCUT2D eigenvalue weighted by Gasteiger charge is -2.11. The molecule has 0 bridgehead atoms. The highest BCUT2D eigenvalue weighted by Gasteiger charge is 2.15. The molecule has 1 aromatic rings. The molecule has 1 atom stereocenters. The van der Waals surface area contributed by atoms with Gasteiger partial charge in [0.05, 0.1) is 12.4 Å². The van der Waals surface area contributed by atoms with E-state index >= 15 is 0 Å². The van der Waals surface area contributed by atoms with Crippen LogP contribution in [0.2, 0.25) is 0 Å². The Morgan fingerprint density at radius 2 is 2.46 bits per heavy atom. The van der Waals surface area contributed by atoms with Crippen molar-refractivity contribution in [2.24, 2.45) is 0 Å². The molecule has 0 spiro atoms. The monoisotopic (exact) mass is 182 g/mol. The molecule has 1 aromatic heterocycles. The number of hydrogen-bond acceptors (Lipinski definition) is 3. The molecule has 1 aliphatic rings. The van der Waals surface area contributed by atoms with E-state index in [1.54, 1.807) is 0 Å². The molecule has 3 nitrogen and oxygen atoms in total. The van der Waals surface area contributed by atoms with Crippen LogP contribution in [0.25, 0.3) is 0 Å². The smallest absolute Gasteiger partial charge is 0.145 e. The van der Waals surface area contributed by atoms with Gasteiger partial charge in [0.2, 0.25) is 0 Å². The zero-order chi connectivity index (χ0) is 9.10. The SMILES string of the molecule is Fc1cncc(O[C@H]2CCNC2)c1. The molecule has 2 heterocycles. The molecule has 0 amide bonds. The van der Waals surface area contributed by atoms with Gasteiger partial charge in [0.15, 0.2) is 0 Å². The van der Waals surface area contributed by atoms with Crippen LogP contribution in [-0.4, -0.2) is 24.2 Å². The lowest BCUT2D eigenvalue weighted by atomic mass is 10.3. The van der Waals surface area contributed by atoms with Crippen LogP contribution < -0.4 is 10.1 Å². The average Bonchev–Trinajstić information content (AvgIpc) is 2.57. The Morgan fingerprint density at radius 1 is 1.54 bits per heavy atom. The number of nitrogens with one attached hydrogen (secondary N) is 1. The zero-order valence-corrected chi connectivity index (χ0v) is 7.16. The van der Waals surface area contributed by atoms with Crippen LogP contribution in [0, 0.1) is 5.82 Å². The van der Waals surface area contributed by atoms with E-state index in [-0.39, 0.29) is 11.9 Å². The summed E-state index contributed by atoms with van der Waals surface area (Å²) in [7, 11) is 0. The topological polar surface area (TPSA) is 34.1 Å². The minimum Gasteiger partial charge on any atom is -0.487 e. The van der Waals surface area contributed by atoms with Crippen LogP contribution in [0.3, 0.4) is 0 Å². The molecule has 1 aliphatic heterocycles. The lowest BCUT2D eigenvalue weighted by molar-refractivity contribution is 0.221. The van der Waals surface area contributed by atoms with Gasteiger partial charge in [-0.25, -0.2) is 4.39 Å². The summed E-state index contributed by atoms with van der Waals surface area (Å²) in [5.41, 5.74) is 0. The molecular formula is C9H11FN2O. The molecule has 0 unspecified atom stereocenters. The van der Waals surface area contributed by atoms with Gasteiger partial charge in [0.1, 0.15) is 17.7 Å². The Morgan fingerprint density at radius 3 is 3.15 bits per heavy atom. The van der Waals surface area contributed by atoms with E-state index in [1.165, 1.54) is 18.5 Å². The predicted molar refractivity (Wildman–Crippen MR) is 46.1 cm³/mol. The van der Waals surface area contributed by atoms with Gasteiger partial charge in [-0.05, 0) is 13.0 Å². The first kappa shape index (κ1) is 8.44. The van der Waals surface area contributed by atoms with Crippen molar-refractivity contribution < 1.29 is 9.13 Å². The summed E-state index contributed by atoms with van der Waals surface area (Å²) in [6.07, 6.45) is 3.82. The molecule has 1 saturated heterocycles. The molecule has 0 radical (unpaired) electrons. The van der Waals surface area contributed by atoms with Crippen molar-refractivity contribution in [1.82, 2.24) is 10.3 Å². The van der Waals surface area contributed by atoms with Crippen molar-refractivity contribution >= 4 is 0 Å². The second-order valence-electron chi connectivity index (χ2n) is 3.07. The Kier molecular flexibility index (Phi) is 2.40. The van der Waals surface area contributed by atoms with Crippen LogP contribution in [-0.2, 0) is 0 Å². The highest BCUT2D eigenvalue weighted by atomic mass is 19.1. The highest BCUT2D eigenvalue weighted by molar-refractivity contribution is 5.17. The van der Waals surface area contributed by atoms with E-state index in [4.69, 9.17) is 4.74 Å². The number of aromatic nitrogens is 1. The number of halogens is 1. The molecule has 1 N–H and O–H groups in total. The maximum absolute atomic E-state index is 12.7. The fraction of sp³-hybridized carbons (Fsp3) is 0.444. The number of rotatable bonds is 2. The van der Waals surface area contributed by atoms with Gasteiger partial charge in [-0.2, -0.15) is 0 Å². The molecule has 70 valence electrons. The number of pyridine rings is 1. The fourth-order valence-electron chi connectivity index (χ4n) is 1.38. The summed E-state index contributed by atoms with van der Waals surface area (Å²) in [4.78, 5) is 3.71. The quantitative estimate of drug-likeness (QED) is 0.739. The van der Waals surface area contributed by atoms with Gasteiger partial charge in [-0.3, -0.25) is 4.98 Å². The first-order valence-electron chi connectivity index (χ1n) is 4.32. The lowest BCUT2D eigenvalue weighted by Crippen LogP contribution is -2.19. The summed E-state index contributed by atoms with van der Waals surface area (Å²) in [6.45, 7) is 1.80. The van der Waals surface area contributed by atoms with Crippen molar-refractivity contribution in [3.63, 3.8) is 0 Å². The normalized spacial score (nSPS) is 21.8. The van der Waals surface area contributed by atoms with E-state index in [9.17, 15) is 4.39 Å². The summed E-state index contributed by atoms with van der Waals surface area (Å²) >= 11 is 0. The minimum atomic E-state index is -0.358. The second kappa shape index (κ2) is 3.70. The largest absolute Gasteiger partial charge is 0.487 e. The van der Waals surface area contributed by atoms with E-state index in [1.807, 2.05) is 0 Å². The van der Waals surface area contributed by atoms with Crippen LogP contribution in [0.4, 0.5) is 4.39 Å². The number of ether oxygens (including phenoxy) is 1. The number of hydrogen-bond donors (Lipinski definition) is 1. The van der Waals surface area contributed by atoms with Gasteiger partial charge in [0, 0.05) is 12.6 Å². The zero-order valence-electron chi connectivity index (χ0n) is 7.16. The minimum absolute atomic E-state index is 0.156. The van der Waals surface area contributed by atoms with Crippen LogP contribution in [0.1, 0.15) is 6.42 Å². The van der Waals surface area contributed by atoms with Crippen molar-refractivity contribution in [2.75, 3.05) is 13.1 Å². The third-order valence-corrected chi connectivity index (χ3v) is 2.00. The maximum atomic E-state index is 12.7. The third-order valence-electron chi connectivity index (χ3n) is 2.00. The van der Waals surface area contributed by atoms with Crippen molar-refractivity contribution in [2.45, 2.75) is 12.5 Å². The second-order valence-corrected chi connectivity index (χ2v) is 3.07. The Bertz CT molecular complexity index is 287. The molecule has 0 saturated carbocycles. The summed E-state index contributed by atoms with van der Waals surface area (Å²) in [5.74, 6) is 0.150. The van der Waals surface area contributed by atoms with Crippen molar-refractivity contribution in [3.05, 3.63) is 24.3 Å². The Labute approximate surface area is 75.9 Å². The fourth-order valence-corrected chi connectivity index (χ4v) is 1.38. The summed E-state index contributed by atoms with van der Waals surface area (Å²) < 4.78 is 18.2. The first-order chi connectivity index (χ1) is 6.34. The van der Waals surface area contributed by atoms with E-state index < -0.39 is 0 Å². The van der Waals surface area contributed by atoms with Gasteiger partial charge < -0.3 is 10.1 Å². The van der Waals surface area contributed by atoms with Crippen molar-refractivity contribution in [3.8, 4) is 5.75 Å². The number of nitrogens with zero attached hydrogens (tertiary/aromatic N) is 1. The highest BCUT2D eigenvalue weighted by Crippen LogP contribution is 2.14. The van der Waals surface area contributed by atoms with Gasteiger partial charge in [-0.15, -0.1) is 0 Å². The molecule has 13 heavy (non-hydrogen) atoms. The first-order valence-corrected chi connectivity index (χ1v) is 4.32. The van der Waals surface area contributed by atoms with Gasteiger partial charge >= 0.3 is 0 Å². The van der Waals surface area contributed by atoms with E-state index in [0.717, 1.165) is 19.5 Å². The van der Waals surface area contributed by atoms with E-state index in [0.29, 0.717) is 5.75 Å². The van der Waals surface area contributed by atoms with Crippen LogP contribution in [0.5, 0.6) is 5.75 Å². The summed E-state index contributed by atoms with van der Waals surface area (Å²) in [5, 5.41) is 3.17. The Hall–Kier alpha value is -1.16. The van der Waals surface area contributed by atoms with Gasteiger partial charge in [0.25, 0.3) is 0 Å². The summed E-state index contributed by atoms with van der Waals surface area (Å²) in [6, 6.07) is 1.35.